The molecule has 0 spiro atoms. The molecule has 1 aromatic rings. The van der Waals surface area contributed by atoms with E-state index in [4.69, 9.17) is 15.6 Å². The van der Waals surface area contributed by atoms with E-state index in [-0.39, 0.29) is 6.61 Å². The number of hydrogen-bond acceptors (Lipinski definition) is 5. The van der Waals surface area contributed by atoms with Crippen LogP contribution in [-0.4, -0.2) is 28.8 Å². The monoisotopic (exact) mass is 237 g/mol. The van der Waals surface area contributed by atoms with Crippen LogP contribution >= 0.6 is 0 Å². The Labute approximate surface area is 101 Å². The van der Waals surface area contributed by atoms with Gasteiger partial charge in [-0.3, -0.25) is 0 Å². The highest BCUT2D eigenvalue weighted by atomic mass is 16.5. The molecule has 1 heterocycles. The maximum Gasteiger partial charge on any atom is 0.160 e. The van der Waals surface area contributed by atoms with Crippen LogP contribution in [0, 0.1) is 0 Å². The van der Waals surface area contributed by atoms with Gasteiger partial charge in [0.15, 0.2) is 5.75 Å². The molecule has 1 fully saturated rings. The van der Waals surface area contributed by atoms with Crippen LogP contribution in [0.15, 0.2) is 6.20 Å². The van der Waals surface area contributed by atoms with Crippen molar-refractivity contribution in [3.63, 3.8) is 0 Å². The third-order valence-electron chi connectivity index (χ3n) is 3.29. The van der Waals surface area contributed by atoms with Gasteiger partial charge in [-0.25, -0.2) is 9.97 Å². The molecule has 3 N–H and O–H groups in total. The second-order valence-electron chi connectivity index (χ2n) is 4.45. The van der Waals surface area contributed by atoms with E-state index in [0.29, 0.717) is 17.4 Å². The molecule has 1 atom stereocenters. The fraction of sp³-hybridized carbons (Fsp3) is 0.667. The molecule has 0 bridgehead atoms. The van der Waals surface area contributed by atoms with Gasteiger partial charge >= 0.3 is 0 Å². The van der Waals surface area contributed by atoms with Crippen LogP contribution in [-0.2, 0) is 0 Å². The van der Waals surface area contributed by atoms with Crippen molar-refractivity contribution in [2.24, 2.45) is 5.73 Å². The quantitative estimate of drug-likeness (QED) is 0.820. The van der Waals surface area contributed by atoms with Gasteiger partial charge in [0.2, 0.25) is 0 Å². The third-order valence-corrected chi connectivity index (χ3v) is 3.29. The first-order valence-corrected chi connectivity index (χ1v) is 6.03. The number of aliphatic hydroxyl groups is 1. The second kappa shape index (κ2) is 5.42. The van der Waals surface area contributed by atoms with Gasteiger partial charge in [0, 0.05) is 5.92 Å². The van der Waals surface area contributed by atoms with E-state index in [1.54, 1.807) is 13.3 Å². The Morgan fingerprint density at radius 2 is 2.24 bits per heavy atom. The largest absolute Gasteiger partial charge is 0.493 e. The molecule has 1 aliphatic rings. The van der Waals surface area contributed by atoms with Gasteiger partial charge in [-0.05, 0) is 12.8 Å². The van der Waals surface area contributed by atoms with Gasteiger partial charge < -0.3 is 15.6 Å². The molecule has 17 heavy (non-hydrogen) atoms. The zero-order chi connectivity index (χ0) is 12.3. The predicted molar refractivity (Wildman–Crippen MR) is 63.8 cm³/mol. The smallest absolute Gasteiger partial charge is 0.160 e. The molecular formula is C12H19N3O2. The van der Waals surface area contributed by atoms with E-state index in [2.05, 4.69) is 9.97 Å². The van der Waals surface area contributed by atoms with E-state index < -0.39 is 6.04 Å². The molecule has 0 radical (unpaired) electrons. The molecule has 1 aromatic heterocycles. The second-order valence-corrected chi connectivity index (χ2v) is 4.45. The van der Waals surface area contributed by atoms with Crippen molar-refractivity contribution >= 4 is 0 Å². The van der Waals surface area contributed by atoms with E-state index in [9.17, 15) is 0 Å². The average molecular weight is 237 g/mol. The highest BCUT2D eigenvalue weighted by Crippen LogP contribution is 2.33. The molecule has 1 unspecified atom stereocenters. The molecule has 0 saturated heterocycles. The maximum absolute atomic E-state index is 9.12. The van der Waals surface area contributed by atoms with E-state index in [1.165, 1.54) is 12.8 Å². The molecule has 1 saturated carbocycles. The molecule has 0 aliphatic heterocycles. The Morgan fingerprint density at radius 3 is 2.82 bits per heavy atom. The van der Waals surface area contributed by atoms with Gasteiger partial charge in [-0.1, -0.05) is 12.8 Å². The van der Waals surface area contributed by atoms with Crippen LogP contribution in [0.1, 0.15) is 49.2 Å². The molecule has 2 rings (SSSR count). The van der Waals surface area contributed by atoms with Crippen molar-refractivity contribution in [2.45, 2.75) is 37.6 Å². The standard InChI is InChI=1S/C12H19N3O2/c1-17-10-6-14-12(8-4-2-3-5-8)15-11(10)9(13)7-16/h6,8-9,16H,2-5,7,13H2,1H3. The summed E-state index contributed by atoms with van der Waals surface area (Å²) in [6, 6.07) is -0.506. The van der Waals surface area contributed by atoms with Gasteiger partial charge in [0.1, 0.15) is 11.5 Å². The number of nitrogens with zero attached hydrogens (tertiary/aromatic N) is 2. The summed E-state index contributed by atoms with van der Waals surface area (Å²) in [6.45, 7) is -0.141. The predicted octanol–water partition coefficient (Wildman–Crippen LogP) is 1.13. The van der Waals surface area contributed by atoms with Gasteiger partial charge in [0.25, 0.3) is 0 Å². The summed E-state index contributed by atoms with van der Waals surface area (Å²) in [4.78, 5) is 8.81. The minimum absolute atomic E-state index is 0.141. The number of aromatic nitrogens is 2. The number of nitrogens with two attached hydrogens (primary N) is 1. The zero-order valence-corrected chi connectivity index (χ0v) is 10.1. The Kier molecular flexibility index (Phi) is 3.91. The molecule has 0 amide bonds. The SMILES string of the molecule is COc1cnc(C2CCCC2)nc1C(N)CO. The van der Waals surface area contributed by atoms with Crippen LogP contribution in [0.5, 0.6) is 5.75 Å². The minimum Gasteiger partial charge on any atom is -0.493 e. The zero-order valence-electron chi connectivity index (χ0n) is 10.1. The fourth-order valence-corrected chi connectivity index (χ4v) is 2.29. The molecule has 5 nitrogen and oxygen atoms in total. The van der Waals surface area contributed by atoms with Crippen LogP contribution < -0.4 is 10.5 Å². The highest BCUT2D eigenvalue weighted by molar-refractivity contribution is 5.28. The summed E-state index contributed by atoms with van der Waals surface area (Å²) >= 11 is 0. The molecular weight excluding hydrogens is 218 g/mol. The maximum atomic E-state index is 9.12. The minimum atomic E-state index is -0.506. The van der Waals surface area contributed by atoms with Crippen molar-refractivity contribution in [3.8, 4) is 5.75 Å². The Morgan fingerprint density at radius 1 is 1.53 bits per heavy atom. The van der Waals surface area contributed by atoms with Gasteiger partial charge in [-0.15, -0.1) is 0 Å². The Bertz CT molecular complexity index is 378. The third kappa shape index (κ3) is 2.56. The molecule has 5 heteroatoms. The van der Waals surface area contributed by atoms with Crippen molar-refractivity contribution in [3.05, 3.63) is 17.7 Å². The van der Waals surface area contributed by atoms with Crippen LogP contribution in [0.3, 0.4) is 0 Å². The molecule has 94 valence electrons. The Balaban J connectivity index is 2.30. The number of ether oxygens (including phenoxy) is 1. The lowest BCUT2D eigenvalue weighted by Gasteiger charge is -2.15. The fourth-order valence-electron chi connectivity index (χ4n) is 2.29. The topological polar surface area (TPSA) is 81.3 Å². The van der Waals surface area contributed by atoms with E-state index in [0.717, 1.165) is 18.7 Å². The lowest BCUT2D eigenvalue weighted by molar-refractivity contribution is 0.261. The highest BCUT2D eigenvalue weighted by Gasteiger charge is 2.22. The summed E-state index contributed by atoms with van der Waals surface area (Å²) in [5.41, 5.74) is 6.42. The van der Waals surface area contributed by atoms with Crippen molar-refractivity contribution in [1.29, 1.82) is 0 Å². The first-order chi connectivity index (χ1) is 8.26. The van der Waals surface area contributed by atoms with Crippen molar-refractivity contribution < 1.29 is 9.84 Å². The summed E-state index contributed by atoms with van der Waals surface area (Å²) in [5, 5.41) is 9.12. The summed E-state index contributed by atoms with van der Waals surface area (Å²) in [5.74, 6) is 1.82. The van der Waals surface area contributed by atoms with Crippen molar-refractivity contribution in [2.75, 3.05) is 13.7 Å². The van der Waals surface area contributed by atoms with Crippen LogP contribution in [0.25, 0.3) is 0 Å². The summed E-state index contributed by atoms with van der Waals surface area (Å²) in [6.07, 6.45) is 6.41. The lowest BCUT2D eigenvalue weighted by Crippen LogP contribution is -2.19. The van der Waals surface area contributed by atoms with Crippen LogP contribution in [0.2, 0.25) is 0 Å². The first kappa shape index (κ1) is 12.3. The lowest BCUT2D eigenvalue weighted by atomic mass is 10.1. The van der Waals surface area contributed by atoms with Crippen molar-refractivity contribution in [1.82, 2.24) is 9.97 Å². The Hall–Kier alpha value is -1.20. The number of aliphatic hydroxyl groups excluding tert-OH is 1. The van der Waals surface area contributed by atoms with Gasteiger partial charge in [0.05, 0.1) is 26.0 Å². The molecule has 1 aliphatic carbocycles. The first-order valence-electron chi connectivity index (χ1n) is 6.03. The van der Waals surface area contributed by atoms with Crippen LogP contribution in [0.4, 0.5) is 0 Å². The number of rotatable bonds is 4. The average Bonchev–Trinajstić information content (AvgIpc) is 2.91. The summed E-state index contributed by atoms with van der Waals surface area (Å²) < 4.78 is 5.17. The van der Waals surface area contributed by atoms with E-state index >= 15 is 0 Å². The number of hydrogen-bond donors (Lipinski definition) is 2. The normalized spacial score (nSPS) is 18.3. The molecule has 0 aromatic carbocycles. The van der Waals surface area contributed by atoms with E-state index in [1.807, 2.05) is 0 Å². The summed E-state index contributed by atoms with van der Waals surface area (Å²) in [7, 11) is 1.56. The van der Waals surface area contributed by atoms with Gasteiger partial charge in [-0.2, -0.15) is 0 Å². The number of methoxy groups -OCH3 is 1.